The van der Waals surface area contributed by atoms with Gasteiger partial charge in [0.2, 0.25) is 0 Å². The van der Waals surface area contributed by atoms with E-state index in [9.17, 15) is 9.59 Å². The summed E-state index contributed by atoms with van der Waals surface area (Å²) >= 11 is 5.81. The smallest absolute Gasteiger partial charge is 0.273 e. The van der Waals surface area contributed by atoms with E-state index in [4.69, 9.17) is 22.1 Å². The number of nitrogens with zero attached hydrogens (tertiary/aromatic N) is 3. The number of pyridine rings is 3. The van der Waals surface area contributed by atoms with Crippen LogP contribution in [0.5, 0.6) is 5.75 Å². The third kappa shape index (κ3) is 4.39. The quantitative estimate of drug-likeness (QED) is 0.622. The van der Waals surface area contributed by atoms with Crippen LogP contribution in [-0.2, 0) is 6.61 Å². The number of nitrogens with two attached hydrogens (primary N) is 1. The number of anilines is 1. The first-order valence-electron chi connectivity index (χ1n) is 9.68. The van der Waals surface area contributed by atoms with Crippen molar-refractivity contribution < 1.29 is 4.74 Å². The first-order valence-corrected chi connectivity index (χ1v) is 10.1. The molecule has 4 rings (SSSR count). The zero-order valence-corrected chi connectivity index (χ0v) is 17.0. The molecule has 3 aromatic heterocycles. The monoisotopic (exact) mass is 427 g/mol. The lowest BCUT2D eigenvalue weighted by molar-refractivity contribution is 0.300. The highest BCUT2D eigenvalue weighted by Crippen LogP contribution is 2.21. The molecule has 1 atom stereocenters. The van der Waals surface area contributed by atoms with Crippen LogP contribution in [0, 0.1) is 5.92 Å². The van der Waals surface area contributed by atoms with E-state index in [-0.39, 0.29) is 23.4 Å². The van der Waals surface area contributed by atoms with E-state index in [2.05, 4.69) is 14.9 Å². The van der Waals surface area contributed by atoms with Crippen molar-refractivity contribution in [1.29, 1.82) is 0 Å². The molecule has 1 aliphatic heterocycles. The minimum Gasteiger partial charge on any atom is -0.487 e. The van der Waals surface area contributed by atoms with Gasteiger partial charge in [0.25, 0.3) is 11.1 Å². The summed E-state index contributed by atoms with van der Waals surface area (Å²) < 4.78 is 6.91. The molecule has 0 aromatic carbocycles. The molecule has 0 amide bonds. The number of ether oxygens (including phenoxy) is 1. The third-order valence-corrected chi connectivity index (χ3v) is 5.38. The number of nitrogens with one attached hydrogen (secondary N) is 1. The molecule has 1 aliphatic rings. The van der Waals surface area contributed by atoms with E-state index in [0.717, 1.165) is 25.3 Å². The van der Waals surface area contributed by atoms with Crippen LogP contribution in [0.25, 0.3) is 5.69 Å². The molecule has 9 heteroatoms. The number of aromatic amines is 1. The number of halogens is 1. The molecular weight excluding hydrogens is 406 g/mol. The predicted octanol–water partition coefficient (Wildman–Crippen LogP) is 1.94. The van der Waals surface area contributed by atoms with Crippen LogP contribution < -0.4 is 26.5 Å². The zero-order valence-electron chi connectivity index (χ0n) is 16.3. The van der Waals surface area contributed by atoms with Crippen molar-refractivity contribution in [1.82, 2.24) is 14.5 Å². The molecule has 0 spiro atoms. The first kappa shape index (κ1) is 20.2. The summed E-state index contributed by atoms with van der Waals surface area (Å²) in [5, 5.41) is 0.543. The number of aromatic nitrogens is 3. The predicted molar refractivity (Wildman–Crippen MR) is 116 cm³/mol. The summed E-state index contributed by atoms with van der Waals surface area (Å²) in [5.74, 6) is 1.57. The Morgan fingerprint density at radius 2 is 2.10 bits per heavy atom. The van der Waals surface area contributed by atoms with E-state index in [1.165, 1.54) is 23.0 Å². The Morgan fingerprint density at radius 1 is 1.23 bits per heavy atom. The van der Waals surface area contributed by atoms with Crippen molar-refractivity contribution in [2.75, 3.05) is 24.5 Å². The summed E-state index contributed by atoms with van der Waals surface area (Å²) in [6, 6.07) is 9.93. The summed E-state index contributed by atoms with van der Waals surface area (Å²) in [6.07, 6.45) is 4.07. The summed E-state index contributed by atoms with van der Waals surface area (Å²) in [5.41, 5.74) is 5.99. The van der Waals surface area contributed by atoms with Gasteiger partial charge in [-0.05, 0) is 49.2 Å². The average Bonchev–Trinajstić information content (AvgIpc) is 3.23. The largest absolute Gasteiger partial charge is 0.487 e. The summed E-state index contributed by atoms with van der Waals surface area (Å²) in [6.45, 7) is 2.51. The second-order valence-corrected chi connectivity index (χ2v) is 7.66. The molecule has 4 heterocycles. The van der Waals surface area contributed by atoms with Crippen LogP contribution in [-0.4, -0.2) is 34.2 Å². The van der Waals surface area contributed by atoms with Crippen LogP contribution in [0.2, 0.25) is 5.02 Å². The number of H-pyrrole nitrogens is 1. The SMILES string of the molecule is NC[C@@H]1CCN(c2ccc(-n3ccc(OCc4ccc(Cl)cn4)cc3=O)c(=O)[nH]2)C1. The standard InChI is InChI=1S/C21H22ClN5O3/c22-15-1-2-16(24-11-15)13-30-17-6-8-27(20(28)9-17)18-3-4-19(25-21(18)29)26-7-5-14(10-23)12-26/h1-4,6,8-9,11,14H,5,7,10,12-13,23H2,(H,25,29)/t14-/m0/s1. The highest BCUT2D eigenvalue weighted by molar-refractivity contribution is 6.30. The Bertz CT molecular complexity index is 1140. The molecule has 0 aliphatic carbocycles. The van der Waals surface area contributed by atoms with Crippen LogP contribution >= 0.6 is 11.6 Å². The Hall–Kier alpha value is -3.10. The van der Waals surface area contributed by atoms with Gasteiger partial charge in [-0.25, -0.2) is 0 Å². The molecule has 3 aromatic rings. The van der Waals surface area contributed by atoms with Gasteiger partial charge in [0.05, 0.1) is 10.7 Å². The summed E-state index contributed by atoms with van der Waals surface area (Å²) in [4.78, 5) is 34.3. The van der Waals surface area contributed by atoms with Crippen LogP contribution in [0.1, 0.15) is 12.1 Å². The van der Waals surface area contributed by atoms with Crippen molar-refractivity contribution >= 4 is 17.4 Å². The van der Waals surface area contributed by atoms with E-state index in [1.807, 2.05) is 6.07 Å². The van der Waals surface area contributed by atoms with E-state index < -0.39 is 0 Å². The summed E-state index contributed by atoms with van der Waals surface area (Å²) in [7, 11) is 0. The second kappa shape index (κ2) is 8.73. The minimum atomic E-state index is -0.362. The molecule has 156 valence electrons. The van der Waals surface area contributed by atoms with E-state index in [1.54, 1.807) is 24.3 Å². The molecular formula is C21H22ClN5O3. The fourth-order valence-electron chi connectivity index (χ4n) is 3.47. The van der Waals surface area contributed by atoms with Crippen molar-refractivity contribution in [2.45, 2.75) is 13.0 Å². The van der Waals surface area contributed by atoms with Gasteiger partial charge in [0.1, 0.15) is 23.9 Å². The molecule has 0 unspecified atom stereocenters. The minimum absolute atomic E-state index is 0.204. The lowest BCUT2D eigenvalue weighted by Gasteiger charge is -2.18. The van der Waals surface area contributed by atoms with E-state index in [0.29, 0.717) is 28.9 Å². The topological polar surface area (TPSA) is 106 Å². The van der Waals surface area contributed by atoms with Gasteiger partial charge in [0.15, 0.2) is 0 Å². The highest BCUT2D eigenvalue weighted by Gasteiger charge is 2.22. The number of hydrogen-bond acceptors (Lipinski definition) is 6. The van der Waals surface area contributed by atoms with Crippen molar-refractivity contribution in [3.63, 3.8) is 0 Å². The van der Waals surface area contributed by atoms with Gasteiger partial charge in [-0.2, -0.15) is 0 Å². The van der Waals surface area contributed by atoms with Gasteiger partial charge in [-0.1, -0.05) is 11.6 Å². The van der Waals surface area contributed by atoms with Crippen molar-refractivity contribution in [3.8, 4) is 11.4 Å². The highest BCUT2D eigenvalue weighted by atomic mass is 35.5. The third-order valence-electron chi connectivity index (χ3n) is 5.16. The van der Waals surface area contributed by atoms with Crippen LogP contribution in [0.4, 0.5) is 5.82 Å². The van der Waals surface area contributed by atoms with Gasteiger partial charge in [-0.15, -0.1) is 0 Å². The molecule has 1 fully saturated rings. The Labute approximate surface area is 177 Å². The molecule has 3 N–H and O–H groups in total. The fourth-order valence-corrected chi connectivity index (χ4v) is 3.58. The van der Waals surface area contributed by atoms with Crippen LogP contribution in [0.3, 0.4) is 0 Å². The maximum absolute atomic E-state index is 12.6. The Balaban J connectivity index is 1.49. The van der Waals surface area contributed by atoms with Gasteiger partial charge in [0, 0.05) is 31.5 Å². The van der Waals surface area contributed by atoms with Crippen molar-refractivity contribution in [3.05, 3.63) is 80.2 Å². The Morgan fingerprint density at radius 3 is 2.77 bits per heavy atom. The molecule has 8 nitrogen and oxygen atoms in total. The normalized spacial score (nSPS) is 16.1. The maximum Gasteiger partial charge on any atom is 0.273 e. The second-order valence-electron chi connectivity index (χ2n) is 7.22. The average molecular weight is 428 g/mol. The molecule has 0 saturated carbocycles. The first-order chi connectivity index (χ1) is 14.5. The Kier molecular flexibility index (Phi) is 5.87. The molecule has 0 radical (unpaired) electrons. The van der Waals surface area contributed by atoms with Gasteiger partial charge in [-0.3, -0.25) is 19.1 Å². The molecule has 0 bridgehead atoms. The number of rotatable bonds is 6. The molecule has 30 heavy (non-hydrogen) atoms. The van der Waals surface area contributed by atoms with Crippen molar-refractivity contribution in [2.24, 2.45) is 11.7 Å². The van der Waals surface area contributed by atoms with Gasteiger partial charge >= 0.3 is 0 Å². The maximum atomic E-state index is 12.6. The molecule has 1 saturated heterocycles. The lowest BCUT2D eigenvalue weighted by Crippen LogP contribution is -2.28. The number of hydrogen-bond donors (Lipinski definition) is 2. The van der Waals surface area contributed by atoms with Crippen LogP contribution in [0.15, 0.2) is 58.4 Å². The van der Waals surface area contributed by atoms with Gasteiger partial charge < -0.3 is 20.4 Å². The fraction of sp³-hybridized carbons (Fsp3) is 0.286. The van der Waals surface area contributed by atoms with E-state index >= 15 is 0 Å². The lowest BCUT2D eigenvalue weighted by atomic mass is 10.1. The zero-order chi connectivity index (χ0) is 21.1.